The third-order valence-corrected chi connectivity index (χ3v) is 14.3. The highest BCUT2D eigenvalue weighted by molar-refractivity contribution is 6.14. The van der Waals surface area contributed by atoms with Crippen LogP contribution in [-0.4, -0.2) is 23.7 Å². The van der Waals surface area contributed by atoms with Crippen molar-refractivity contribution in [2.45, 2.75) is 0 Å². The van der Waals surface area contributed by atoms with Crippen LogP contribution in [0.2, 0.25) is 0 Å². The molecule has 0 fully saturated rings. The Morgan fingerprint density at radius 3 is 1.27 bits per heavy atom. The van der Waals surface area contributed by atoms with Gasteiger partial charge in [0.1, 0.15) is 0 Å². The summed E-state index contributed by atoms with van der Waals surface area (Å²) in [6.07, 6.45) is 0. The summed E-state index contributed by atoms with van der Waals surface area (Å²) < 4.78 is 7.09. The standard InChI is InChI=1S/C66H39N7/c1-68-58-39-54(59-40-57(43-16-4-2-5-17-43)69-66(70-59)44-18-6-3-7-19-44)45(41-67)36-53(58)42-28-30-46(31-29-42)71-64-34-32-47(72-60-24-12-8-20-49(60)50-21-9-13-25-61(50)72)37-55(64)56-38-48(33-35-65(56)71)73-62-26-14-10-22-51(62)52-23-11-15-27-63(52)73/h2-40H. The summed E-state index contributed by atoms with van der Waals surface area (Å²) in [6.45, 7) is 8.43. The van der Waals surface area contributed by atoms with Crippen LogP contribution in [0.15, 0.2) is 237 Å². The Balaban J connectivity index is 0.926. The van der Waals surface area contributed by atoms with Gasteiger partial charge in [0.25, 0.3) is 0 Å². The maximum Gasteiger partial charge on any atom is 0.195 e. The molecule has 14 aromatic rings. The molecule has 7 heteroatoms. The quantitative estimate of drug-likeness (QED) is 0.150. The number of fused-ring (bicyclic) bond motifs is 9. The van der Waals surface area contributed by atoms with Crippen molar-refractivity contribution < 1.29 is 0 Å². The van der Waals surface area contributed by atoms with Crippen LogP contribution in [0.3, 0.4) is 0 Å². The molecule has 4 aromatic heterocycles. The van der Waals surface area contributed by atoms with Crippen molar-refractivity contribution in [3.05, 3.63) is 254 Å². The second kappa shape index (κ2) is 16.7. The number of nitrogens with zero attached hydrogens (tertiary/aromatic N) is 7. The maximum atomic E-state index is 10.7. The van der Waals surface area contributed by atoms with Crippen LogP contribution in [0.1, 0.15) is 5.56 Å². The van der Waals surface area contributed by atoms with Gasteiger partial charge in [-0.1, -0.05) is 146 Å². The third-order valence-electron chi connectivity index (χ3n) is 14.3. The first-order chi connectivity index (χ1) is 36.1. The van der Waals surface area contributed by atoms with Crippen LogP contribution in [0, 0.1) is 17.9 Å². The fourth-order valence-electron chi connectivity index (χ4n) is 11.0. The highest BCUT2D eigenvalue weighted by atomic mass is 15.0. The molecule has 338 valence electrons. The van der Waals surface area contributed by atoms with Gasteiger partial charge in [0.05, 0.1) is 62.7 Å². The van der Waals surface area contributed by atoms with Crippen LogP contribution in [0.25, 0.3) is 132 Å². The van der Waals surface area contributed by atoms with Crippen molar-refractivity contribution in [1.29, 1.82) is 5.26 Å². The molecule has 0 spiro atoms. The van der Waals surface area contributed by atoms with Crippen LogP contribution < -0.4 is 0 Å². The van der Waals surface area contributed by atoms with E-state index in [1.165, 1.54) is 21.5 Å². The Morgan fingerprint density at radius 1 is 0.356 bits per heavy atom. The van der Waals surface area contributed by atoms with Crippen molar-refractivity contribution in [1.82, 2.24) is 23.7 Å². The predicted molar refractivity (Wildman–Crippen MR) is 298 cm³/mol. The topological polar surface area (TPSA) is 68.7 Å². The molecule has 0 aliphatic heterocycles. The van der Waals surface area contributed by atoms with Gasteiger partial charge in [-0.15, -0.1) is 0 Å². The second-order valence-electron chi connectivity index (χ2n) is 18.4. The van der Waals surface area contributed by atoms with Gasteiger partial charge in [0.15, 0.2) is 11.5 Å². The number of para-hydroxylation sites is 4. The van der Waals surface area contributed by atoms with Gasteiger partial charge in [-0.05, 0) is 102 Å². The van der Waals surface area contributed by atoms with Crippen molar-refractivity contribution in [2.24, 2.45) is 0 Å². The van der Waals surface area contributed by atoms with Crippen molar-refractivity contribution in [3.8, 4) is 68.2 Å². The Labute approximate surface area is 419 Å². The molecule has 0 saturated heterocycles. The van der Waals surface area contributed by atoms with E-state index in [-0.39, 0.29) is 0 Å². The summed E-state index contributed by atoms with van der Waals surface area (Å²) in [5, 5.41) is 17.9. The molecule has 73 heavy (non-hydrogen) atoms. The summed E-state index contributed by atoms with van der Waals surface area (Å²) >= 11 is 0. The molecule has 4 heterocycles. The largest absolute Gasteiger partial charge is 0.309 e. The average molecular weight is 930 g/mol. The zero-order valence-electron chi connectivity index (χ0n) is 39.1. The molecule has 0 atom stereocenters. The number of benzene rings is 10. The Kier molecular flexibility index (Phi) is 9.50. The molecular formula is C66H39N7. The minimum atomic E-state index is 0.420. The van der Waals surface area contributed by atoms with Gasteiger partial charge >= 0.3 is 0 Å². The lowest BCUT2D eigenvalue weighted by atomic mass is 9.95. The van der Waals surface area contributed by atoms with E-state index in [0.29, 0.717) is 33.9 Å². The molecule has 7 nitrogen and oxygen atoms in total. The van der Waals surface area contributed by atoms with E-state index in [2.05, 4.69) is 182 Å². The Bertz CT molecular complexity index is 4290. The van der Waals surface area contributed by atoms with E-state index in [1.54, 1.807) is 6.07 Å². The van der Waals surface area contributed by atoms with E-state index < -0.39 is 0 Å². The molecule has 0 saturated carbocycles. The highest BCUT2D eigenvalue weighted by Gasteiger charge is 2.21. The molecule has 0 aliphatic rings. The summed E-state index contributed by atoms with van der Waals surface area (Å²) in [4.78, 5) is 14.0. The molecule has 0 bridgehead atoms. The van der Waals surface area contributed by atoms with E-state index in [9.17, 15) is 5.26 Å². The van der Waals surface area contributed by atoms with Gasteiger partial charge in [0, 0.05) is 66.1 Å². The first kappa shape index (κ1) is 41.6. The summed E-state index contributed by atoms with van der Waals surface area (Å²) in [5.41, 5.74) is 15.9. The average Bonchev–Trinajstić information content (AvgIpc) is 4.10. The van der Waals surface area contributed by atoms with Crippen LogP contribution in [0.4, 0.5) is 5.69 Å². The van der Waals surface area contributed by atoms with Gasteiger partial charge in [-0.3, -0.25) is 0 Å². The van der Waals surface area contributed by atoms with Gasteiger partial charge < -0.3 is 13.7 Å². The zero-order valence-corrected chi connectivity index (χ0v) is 39.1. The van der Waals surface area contributed by atoms with Crippen LogP contribution >= 0.6 is 0 Å². The molecule has 0 N–H and O–H groups in total. The van der Waals surface area contributed by atoms with Crippen LogP contribution in [-0.2, 0) is 0 Å². The summed E-state index contributed by atoms with van der Waals surface area (Å²) in [7, 11) is 0. The molecule has 14 rings (SSSR count). The zero-order chi connectivity index (χ0) is 48.6. The van der Waals surface area contributed by atoms with Crippen molar-refractivity contribution in [2.75, 3.05) is 0 Å². The number of hydrogen-bond donors (Lipinski definition) is 0. The molecule has 0 radical (unpaired) electrons. The maximum absolute atomic E-state index is 10.7. The van der Waals surface area contributed by atoms with E-state index in [4.69, 9.17) is 16.5 Å². The number of aromatic nitrogens is 5. The second-order valence-corrected chi connectivity index (χ2v) is 18.4. The number of hydrogen-bond acceptors (Lipinski definition) is 3. The van der Waals surface area contributed by atoms with Crippen molar-refractivity contribution in [3.63, 3.8) is 0 Å². The van der Waals surface area contributed by atoms with Gasteiger partial charge in [-0.25, -0.2) is 14.8 Å². The minimum absolute atomic E-state index is 0.420. The lowest BCUT2D eigenvalue weighted by molar-refractivity contribution is 1.16. The van der Waals surface area contributed by atoms with E-state index >= 15 is 0 Å². The molecule has 10 aromatic carbocycles. The molecule has 0 aliphatic carbocycles. The monoisotopic (exact) mass is 929 g/mol. The molecule has 0 unspecified atom stereocenters. The third kappa shape index (κ3) is 6.65. The van der Waals surface area contributed by atoms with E-state index in [0.717, 1.165) is 83.3 Å². The smallest absolute Gasteiger partial charge is 0.195 e. The Hall–Kier alpha value is -10.3. The Morgan fingerprint density at radius 2 is 0.781 bits per heavy atom. The van der Waals surface area contributed by atoms with Gasteiger partial charge in [-0.2, -0.15) is 5.26 Å². The van der Waals surface area contributed by atoms with Gasteiger partial charge in [0.2, 0.25) is 0 Å². The minimum Gasteiger partial charge on any atom is -0.309 e. The first-order valence-corrected chi connectivity index (χ1v) is 24.2. The summed E-state index contributed by atoms with van der Waals surface area (Å²) in [5.74, 6) is 0.542. The first-order valence-electron chi connectivity index (χ1n) is 24.2. The van der Waals surface area contributed by atoms with Crippen molar-refractivity contribution >= 4 is 71.1 Å². The molecular weight excluding hydrogens is 891 g/mol. The SMILES string of the molecule is [C-]#[N+]c1cc(-c2cc(-c3ccccc3)nc(-c3ccccc3)n2)c(C#N)cc1-c1ccc(-n2c3ccc(-n4c5ccccc5c5ccccc54)cc3c3cc(-n4c5ccccc5c5ccccc54)ccc32)cc1. The normalized spacial score (nSPS) is 11.5. The number of nitriles is 1. The lowest BCUT2D eigenvalue weighted by Gasteiger charge is -2.14. The fraction of sp³-hybridized carbons (Fsp3) is 0. The lowest BCUT2D eigenvalue weighted by Crippen LogP contribution is -1.98. The molecule has 0 amide bonds. The van der Waals surface area contributed by atoms with Crippen LogP contribution in [0.5, 0.6) is 0 Å². The fourth-order valence-corrected chi connectivity index (χ4v) is 11.0. The highest BCUT2D eigenvalue weighted by Crippen LogP contribution is 2.42. The predicted octanol–water partition coefficient (Wildman–Crippen LogP) is 16.9. The van der Waals surface area contributed by atoms with E-state index in [1.807, 2.05) is 72.8 Å². The summed E-state index contributed by atoms with van der Waals surface area (Å²) in [6, 6.07) is 84.3. The number of rotatable bonds is 7.